The summed E-state index contributed by atoms with van der Waals surface area (Å²) in [4.78, 5) is 3.78. The summed E-state index contributed by atoms with van der Waals surface area (Å²) in [6.07, 6.45) is -1.50. The van der Waals surface area contributed by atoms with Gasteiger partial charge in [0.15, 0.2) is 0 Å². The lowest BCUT2D eigenvalue weighted by Gasteiger charge is -2.07. The molecule has 0 saturated heterocycles. The van der Waals surface area contributed by atoms with Crippen molar-refractivity contribution in [2.24, 2.45) is 0 Å². The van der Waals surface area contributed by atoms with Crippen molar-refractivity contribution in [2.75, 3.05) is 0 Å². The first-order valence-corrected chi connectivity index (χ1v) is 4.86. The van der Waals surface area contributed by atoms with E-state index < -0.39 is 6.43 Å². The number of hydrogen-bond acceptors (Lipinski definition) is 2. The fraction of sp³-hybridized carbons (Fsp3) is 0.250. The van der Waals surface area contributed by atoms with E-state index >= 15 is 0 Å². The zero-order valence-corrected chi connectivity index (χ0v) is 9.11. The van der Waals surface area contributed by atoms with Gasteiger partial charge in [-0.25, -0.2) is 8.78 Å². The molecule has 0 saturated carbocycles. The molecule has 1 rings (SSSR count). The topological polar surface area (TPSA) is 36.7 Å². The maximum atomic E-state index is 12.5. The minimum Gasteiger partial charge on any atom is -0.257 e. The van der Waals surface area contributed by atoms with Gasteiger partial charge in [-0.3, -0.25) is 4.98 Å². The van der Waals surface area contributed by atoms with Crippen molar-refractivity contribution in [2.45, 2.75) is 12.3 Å². The van der Waals surface area contributed by atoms with Crippen LogP contribution in [0.2, 0.25) is 0 Å². The quantitative estimate of drug-likeness (QED) is 0.779. The van der Waals surface area contributed by atoms with Crippen LogP contribution in [-0.2, 0) is 5.88 Å². The molecule has 0 aliphatic carbocycles. The summed E-state index contributed by atoms with van der Waals surface area (Å²) in [7, 11) is 0. The number of nitrogens with zero attached hydrogens (tertiary/aromatic N) is 2. The molecule has 0 bridgehead atoms. The van der Waals surface area contributed by atoms with Crippen LogP contribution in [0.3, 0.4) is 0 Å². The second-order valence-electron chi connectivity index (χ2n) is 2.39. The van der Waals surface area contributed by atoms with E-state index in [0.29, 0.717) is 0 Å². The largest absolute Gasteiger partial charge is 0.266 e. The Bertz CT molecular complexity index is 390. The maximum absolute atomic E-state index is 12.5. The van der Waals surface area contributed by atoms with Crippen LogP contribution in [-0.4, -0.2) is 4.98 Å². The SMILES string of the molecule is N#Cc1c(CCl)ncc(Br)c1C(F)F. The molecule has 0 radical (unpaired) electrons. The highest BCUT2D eigenvalue weighted by Gasteiger charge is 2.20. The first-order valence-electron chi connectivity index (χ1n) is 3.53. The van der Waals surface area contributed by atoms with Crippen molar-refractivity contribution in [1.29, 1.82) is 5.26 Å². The molecule has 0 spiro atoms. The van der Waals surface area contributed by atoms with Gasteiger partial charge in [-0.15, -0.1) is 11.6 Å². The number of nitriles is 1. The molecule has 74 valence electrons. The molecule has 2 nitrogen and oxygen atoms in total. The number of pyridine rings is 1. The summed E-state index contributed by atoms with van der Waals surface area (Å²) in [6, 6.07) is 1.68. The van der Waals surface area contributed by atoms with Gasteiger partial charge >= 0.3 is 0 Å². The third-order valence-electron chi connectivity index (χ3n) is 1.61. The molecule has 0 N–H and O–H groups in total. The van der Waals surface area contributed by atoms with Crippen LogP contribution in [0.15, 0.2) is 10.7 Å². The Kier molecular flexibility index (Phi) is 3.78. The number of rotatable bonds is 2. The summed E-state index contributed by atoms with van der Waals surface area (Å²) in [5.74, 6) is -0.0596. The van der Waals surface area contributed by atoms with Crippen molar-refractivity contribution in [3.63, 3.8) is 0 Å². The Labute approximate surface area is 92.6 Å². The van der Waals surface area contributed by atoms with Crippen molar-refractivity contribution in [3.05, 3.63) is 27.5 Å². The lowest BCUT2D eigenvalue weighted by molar-refractivity contribution is 0.150. The van der Waals surface area contributed by atoms with Crippen LogP contribution in [0.4, 0.5) is 8.78 Å². The first kappa shape index (κ1) is 11.3. The number of aromatic nitrogens is 1. The lowest BCUT2D eigenvalue weighted by Crippen LogP contribution is -2.00. The van der Waals surface area contributed by atoms with E-state index in [1.54, 1.807) is 6.07 Å². The Hall–Kier alpha value is -0.730. The molecule has 1 aromatic rings. The van der Waals surface area contributed by atoms with E-state index in [2.05, 4.69) is 20.9 Å². The van der Waals surface area contributed by atoms with Crippen LogP contribution in [0.5, 0.6) is 0 Å². The Morgan fingerprint density at radius 3 is 2.71 bits per heavy atom. The highest BCUT2D eigenvalue weighted by atomic mass is 79.9. The Balaban J connectivity index is 3.45. The van der Waals surface area contributed by atoms with Gasteiger partial charge in [0, 0.05) is 10.7 Å². The molecule has 0 atom stereocenters. The van der Waals surface area contributed by atoms with Crippen LogP contribution < -0.4 is 0 Å². The predicted octanol–water partition coefficient (Wildman–Crippen LogP) is 3.39. The normalized spacial score (nSPS) is 10.3. The van der Waals surface area contributed by atoms with Gasteiger partial charge in [-0.1, -0.05) is 0 Å². The Morgan fingerprint density at radius 2 is 2.29 bits per heavy atom. The summed E-state index contributed by atoms with van der Waals surface area (Å²) < 4.78 is 25.2. The van der Waals surface area contributed by atoms with Gasteiger partial charge in [-0.2, -0.15) is 5.26 Å². The van der Waals surface area contributed by atoms with Crippen LogP contribution in [0.25, 0.3) is 0 Å². The highest BCUT2D eigenvalue weighted by Crippen LogP contribution is 2.31. The van der Waals surface area contributed by atoms with E-state index in [0.717, 1.165) is 0 Å². The lowest BCUT2D eigenvalue weighted by atomic mass is 10.1. The Morgan fingerprint density at radius 1 is 1.64 bits per heavy atom. The van der Waals surface area contributed by atoms with Crippen LogP contribution in [0, 0.1) is 11.3 Å². The molecular weight excluding hydrogens is 277 g/mol. The molecule has 14 heavy (non-hydrogen) atoms. The molecule has 0 fully saturated rings. The van der Waals surface area contributed by atoms with Crippen molar-refractivity contribution in [1.82, 2.24) is 4.98 Å². The number of hydrogen-bond donors (Lipinski definition) is 0. The molecule has 6 heteroatoms. The molecule has 0 unspecified atom stereocenters. The molecular formula is C8H4BrClF2N2. The average Bonchev–Trinajstić information content (AvgIpc) is 2.16. The summed E-state index contributed by atoms with van der Waals surface area (Å²) in [6.45, 7) is 0. The molecule has 0 aliphatic rings. The first-order chi connectivity index (χ1) is 6.61. The average molecular weight is 281 g/mol. The predicted molar refractivity (Wildman–Crippen MR) is 51.2 cm³/mol. The van der Waals surface area contributed by atoms with E-state index in [4.69, 9.17) is 16.9 Å². The third-order valence-corrected chi connectivity index (χ3v) is 2.49. The van der Waals surface area contributed by atoms with E-state index in [1.165, 1.54) is 6.20 Å². The van der Waals surface area contributed by atoms with Gasteiger partial charge in [0.05, 0.1) is 22.7 Å². The molecule has 1 heterocycles. The standard InChI is InChI=1S/C8H4BrClF2N2/c9-5-3-14-6(1-10)4(2-13)7(5)8(11)12/h3,8H,1H2. The number of halogens is 4. The number of alkyl halides is 3. The zero-order chi connectivity index (χ0) is 10.7. The van der Waals surface area contributed by atoms with Gasteiger partial charge in [0.1, 0.15) is 6.07 Å². The molecule has 0 aliphatic heterocycles. The van der Waals surface area contributed by atoms with Crippen LogP contribution in [0.1, 0.15) is 23.2 Å². The summed E-state index contributed by atoms with van der Waals surface area (Å²) in [5, 5.41) is 8.70. The van der Waals surface area contributed by atoms with Crippen molar-refractivity contribution < 1.29 is 8.78 Å². The van der Waals surface area contributed by atoms with Gasteiger partial charge < -0.3 is 0 Å². The van der Waals surface area contributed by atoms with Crippen molar-refractivity contribution in [3.8, 4) is 6.07 Å². The monoisotopic (exact) mass is 280 g/mol. The third kappa shape index (κ3) is 2.02. The maximum Gasteiger partial charge on any atom is 0.266 e. The molecule has 0 amide bonds. The van der Waals surface area contributed by atoms with Gasteiger partial charge in [0.25, 0.3) is 6.43 Å². The summed E-state index contributed by atoms with van der Waals surface area (Å²) in [5.41, 5.74) is -0.324. The van der Waals surface area contributed by atoms with E-state index in [9.17, 15) is 8.78 Å². The fourth-order valence-corrected chi connectivity index (χ4v) is 1.66. The summed E-state index contributed by atoms with van der Waals surface area (Å²) >= 11 is 8.38. The highest BCUT2D eigenvalue weighted by molar-refractivity contribution is 9.10. The minimum atomic E-state index is -2.72. The van der Waals surface area contributed by atoms with Crippen molar-refractivity contribution >= 4 is 27.5 Å². The smallest absolute Gasteiger partial charge is 0.257 e. The zero-order valence-electron chi connectivity index (χ0n) is 6.77. The van der Waals surface area contributed by atoms with Crippen LogP contribution >= 0.6 is 27.5 Å². The second kappa shape index (κ2) is 4.67. The van der Waals surface area contributed by atoms with Gasteiger partial charge in [-0.05, 0) is 15.9 Å². The fourth-order valence-electron chi connectivity index (χ4n) is 0.983. The second-order valence-corrected chi connectivity index (χ2v) is 3.51. The minimum absolute atomic E-state index is 0.0596. The van der Waals surface area contributed by atoms with E-state index in [-0.39, 0.29) is 27.2 Å². The van der Waals surface area contributed by atoms with Gasteiger partial charge in [0.2, 0.25) is 0 Å². The van der Waals surface area contributed by atoms with E-state index in [1.807, 2.05) is 0 Å². The molecule has 1 aromatic heterocycles. The molecule has 0 aromatic carbocycles.